The van der Waals surface area contributed by atoms with Gasteiger partial charge in [0.1, 0.15) is 5.78 Å². The standard InChI is InChI=1S/C14H15NO/c1-4-6-14(3)11-5-7-13(2,12(14)16)8-10(11)9-15/h1,5,7,10-11H,6,8H2,2-3H3/t10-,11+,13-,14+/m0/s1. The summed E-state index contributed by atoms with van der Waals surface area (Å²) < 4.78 is 0. The van der Waals surface area contributed by atoms with Gasteiger partial charge in [0.15, 0.2) is 0 Å². The van der Waals surface area contributed by atoms with Crippen molar-refractivity contribution in [1.29, 1.82) is 5.26 Å². The summed E-state index contributed by atoms with van der Waals surface area (Å²) in [6.07, 6.45) is 10.4. The Hall–Kier alpha value is -1.54. The van der Waals surface area contributed by atoms with Crippen LogP contribution in [-0.2, 0) is 4.79 Å². The second kappa shape index (κ2) is 3.22. The first kappa shape index (κ1) is 11.0. The Kier molecular flexibility index (Phi) is 2.21. The zero-order valence-electron chi connectivity index (χ0n) is 9.66. The molecule has 0 radical (unpaired) electrons. The number of carbonyl (C=O) groups excluding carboxylic acids is 1. The Morgan fingerprint density at radius 2 is 2.31 bits per heavy atom. The fraction of sp³-hybridized carbons (Fsp3) is 0.571. The van der Waals surface area contributed by atoms with Gasteiger partial charge in [-0.2, -0.15) is 5.26 Å². The minimum atomic E-state index is -0.545. The van der Waals surface area contributed by atoms with Gasteiger partial charge in [-0.3, -0.25) is 4.79 Å². The Balaban J connectivity index is 2.52. The molecule has 0 aromatic carbocycles. The van der Waals surface area contributed by atoms with Gasteiger partial charge in [-0.1, -0.05) is 19.1 Å². The first-order chi connectivity index (χ1) is 7.48. The molecule has 1 fully saturated rings. The molecule has 3 aliphatic rings. The van der Waals surface area contributed by atoms with Crippen LogP contribution in [0.15, 0.2) is 12.2 Å². The van der Waals surface area contributed by atoms with Crippen molar-refractivity contribution < 1.29 is 4.79 Å². The molecule has 2 bridgehead atoms. The summed E-state index contributed by atoms with van der Waals surface area (Å²) in [7, 11) is 0. The van der Waals surface area contributed by atoms with Crippen molar-refractivity contribution >= 4 is 5.78 Å². The molecule has 0 unspecified atom stereocenters. The molecule has 0 aliphatic heterocycles. The van der Waals surface area contributed by atoms with Crippen LogP contribution in [0.4, 0.5) is 0 Å². The van der Waals surface area contributed by atoms with E-state index < -0.39 is 10.8 Å². The molecule has 3 aliphatic carbocycles. The maximum atomic E-state index is 12.4. The van der Waals surface area contributed by atoms with Crippen LogP contribution in [0, 0.1) is 46.3 Å². The number of allylic oxidation sites excluding steroid dienone is 2. The van der Waals surface area contributed by atoms with E-state index in [-0.39, 0.29) is 17.6 Å². The minimum Gasteiger partial charge on any atom is -0.298 e. The van der Waals surface area contributed by atoms with Gasteiger partial charge in [0.2, 0.25) is 0 Å². The van der Waals surface area contributed by atoms with Crippen LogP contribution in [0.25, 0.3) is 0 Å². The van der Waals surface area contributed by atoms with Crippen LogP contribution in [-0.4, -0.2) is 5.78 Å². The summed E-state index contributed by atoms with van der Waals surface area (Å²) in [4.78, 5) is 12.4. The van der Waals surface area contributed by atoms with Gasteiger partial charge in [-0.25, -0.2) is 0 Å². The predicted molar refractivity (Wildman–Crippen MR) is 61.0 cm³/mol. The summed E-state index contributed by atoms with van der Waals surface area (Å²) >= 11 is 0. The largest absolute Gasteiger partial charge is 0.298 e. The molecule has 82 valence electrons. The molecule has 16 heavy (non-hydrogen) atoms. The van der Waals surface area contributed by atoms with E-state index in [4.69, 9.17) is 11.7 Å². The van der Waals surface area contributed by atoms with E-state index in [0.717, 1.165) is 0 Å². The lowest BCUT2D eigenvalue weighted by atomic mass is 9.49. The number of ketones is 1. The number of nitriles is 1. The lowest BCUT2D eigenvalue weighted by molar-refractivity contribution is -0.145. The van der Waals surface area contributed by atoms with Gasteiger partial charge in [-0.15, -0.1) is 12.3 Å². The van der Waals surface area contributed by atoms with E-state index in [2.05, 4.69) is 12.0 Å². The van der Waals surface area contributed by atoms with Crippen LogP contribution in [0.5, 0.6) is 0 Å². The Morgan fingerprint density at radius 3 is 2.88 bits per heavy atom. The highest BCUT2D eigenvalue weighted by molar-refractivity contribution is 5.94. The molecule has 0 N–H and O–H groups in total. The summed E-state index contributed by atoms with van der Waals surface area (Å²) in [5.74, 6) is 2.71. The van der Waals surface area contributed by atoms with E-state index in [1.807, 2.05) is 26.0 Å². The normalized spacial score (nSPS) is 45.1. The van der Waals surface area contributed by atoms with Gasteiger partial charge >= 0.3 is 0 Å². The zero-order chi connectivity index (χ0) is 12.0. The first-order valence-electron chi connectivity index (χ1n) is 5.55. The molecular weight excluding hydrogens is 198 g/mol. The van der Waals surface area contributed by atoms with Crippen molar-refractivity contribution in [3.8, 4) is 18.4 Å². The van der Waals surface area contributed by atoms with Crippen molar-refractivity contribution in [3.05, 3.63) is 12.2 Å². The molecule has 0 aromatic heterocycles. The highest BCUT2D eigenvalue weighted by atomic mass is 16.1. The van der Waals surface area contributed by atoms with Gasteiger partial charge < -0.3 is 0 Å². The average molecular weight is 213 g/mol. The van der Waals surface area contributed by atoms with E-state index >= 15 is 0 Å². The zero-order valence-corrected chi connectivity index (χ0v) is 9.66. The quantitative estimate of drug-likeness (QED) is 0.495. The molecular formula is C14H15NO. The number of fused-ring (bicyclic) bond motifs is 2. The second-order valence-electron chi connectivity index (χ2n) is 5.37. The maximum Gasteiger partial charge on any atom is 0.149 e. The molecule has 2 nitrogen and oxygen atoms in total. The topological polar surface area (TPSA) is 40.9 Å². The van der Waals surface area contributed by atoms with Gasteiger partial charge in [0, 0.05) is 23.2 Å². The van der Waals surface area contributed by atoms with E-state index in [9.17, 15) is 4.79 Å². The number of nitrogens with zero attached hydrogens (tertiary/aromatic N) is 1. The van der Waals surface area contributed by atoms with E-state index in [1.165, 1.54) is 0 Å². The summed E-state index contributed by atoms with van der Waals surface area (Å²) in [6, 6.07) is 2.32. The minimum absolute atomic E-state index is 0.0112. The van der Waals surface area contributed by atoms with Crippen molar-refractivity contribution in [2.45, 2.75) is 26.7 Å². The van der Waals surface area contributed by atoms with Crippen LogP contribution in [0.3, 0.4) is 0 Å². The van der Waals surface area contributed by atoms with Crippen LogP contribution >= 0.6 is 0 Å². The molecule has 0 saturated heterocycles. The lowest BCUT2D eigenvalue weighted by Gasteiger charge is -2.51. The predicted octanol–water partition coefficient (Wildman–Crippen LogP) is 2.32. The Morgan fingerprint density at radius 1 is 1.62 bits per heavy atom. The number of terminal acetylenes is 1. The molecule has 0 heterocycles. The fourth-order valence-corrected chi connectivity index (χ4v) is 3.27. The van der Waals surface area contributed by atoms with Crippen LogP contribution in [0.2, 0.25) is 0 Å². The third-order valence-corrected chi connectivity index (χ3v) is 4.16. The number of hydrogen-bond donors (Lipinski definition) is 0. The summed E-state index contributed by atoms with van der Waals surface area (Å²) in [5.41, 5.74) is -1.03. The molecule has 0 spiro atoms. The van der Waals surface area contributed by atoms with Gasteiger partial charge in [0.05, 0.1) is 12.0 Å². The fourth-order valence-electron chi connectivity index (χ4n) is 3.27. The van der Waals surface area contributed by atoms with Gasteiger partial charge in [0.25, 0.3) is 0 Å². The number of hydrogen-bond acceptors (Lipinski definition) is 2. The Bertz CT molecular complexity index is 450. The van der Waals surface area contributed by atoms with Crippen molar-refractivity contribution in [2.24, 2.45) is 22.7 Å². The smallest absolute Gasteiger partial charge is 0.149 e. The van der Waals surface area contributed by atoms with E-state index in [0.29, 0.717) is 12.8 Å². The molecule has 3 rings (SSSR count). The van der Waals surface area contributed by atoms with Crippen LogP contribution in [0.1, 0.15) is 26.7 Å². The van der Waals surface area contributed by atoms with Gasteiger partial charge in [-0.05, 0) is 13.3 Å². The second-order valence-corrected chi connectivity index (χ2v) is 5.37. The molecule has 2 heteroatoms. The third kappa shape index (κ3) is 1.17. The van der Waals surface area contributed by atoms with E-state index in [1.54, 1.807) is 0 Å². The number of Topliss-reactive ketones (excluding diaryl/α,β-unsaturated/α-hetero) is 1. The monoisotopic (exact) mass is 213 g/mol. The number of carbonyl (C=O) groups is 1. The summed E-state index contributed by atoms with van der Waals surface area (Å²) in [5, 5.41) is 9.17. The summed E-state index contributed by atoms with van der Waals surface area (Å²) in [6.45, 7) is 3.82. The SMILES string of the molecule is C#CC[C@@]1(C)C(=O)[C@@]2(C)C=C[C@@H]1[C@H](C#N)C2. The molecule has 0 amide bonds. The maximum absolute atomic E-state index is 12.4. The van der Waals surface area contributed by atoms with Crippen molar-refractivity contribution in [3.63, 3.8) is 0 Å². The first-order valence-corrected chi connectivity index (χ1v) is 5.55. The molecule has 0 aromatic rings. The average Bonchev–Trinajstić information content (AvgIpc) is 2.26. The highest BCUT2D eigenvalue weighted by Crippen LogP contribution is 2.55. The van der Waals surface area contributed by atoms with Crippen LogP contribution < -0.4 is 0 Å². The number of rotatable bonds is 1. The van der Waals surface area contributed by atoms with Crippen molar-refractivity contribution in [2.75, 3.05) is 0 Å². The third-order valence-electron chi connectivity index (χ3n) is 4.16. The Labute approximate surface area is 96.3 Å². The van der Waals surface area contributed by atoms with Crippen molar-refractivity contribution in [1.82, 2.24) is 0 Å². The molecule has 4 atom stereocenters. The lowest BCUT2D eigenvalue weighted by Crippen LogP contribution is -2.54. The molecule has 1 saturated carbocycles. The highest BCUT2D eigenvalue weighted by Gasteiger charge is 2.57.